The summed E-state index contributed by atoms with van der Waals surface area (Å²) in [6, 6.07) is 6.15. The van der Waals surface area contributed by atoms with E-state index >= 15 is 0 Å². The molecular formula is C21H20FN7OS2. The van der Waals surface area contributed by atoms with Crippen LogP contribution in [0.4, 0.5) is 9.52 Å². The van der Waals surface area contributed by atoms with E-state index in [0.29, 0.717) is 22.0 Å². The highest BCUT2D eigenvalue weighted by Crippen LogP contribution is 2.28. The Balaban J connectivity index is 1.39. The SMILES string of the molecule is Cn1c(Cc2csc(NC(=O)c3nn(-c4ccc(F)cc4)c4c3CCCC4)n2)n[nH]c1=S. The second kappa shape index (κ2) is 8.40. The minimum atomic E-state index is -0.306. The molecule has 0 bridgehead atoms. The zero-order valence-corrected chi connectivity index (χ0v) is 18.9. The van der Waals surface area contributed by atoms with Crippen molar-refractivity contribution in [1.82, 2.24) is 29.5 Å². The fraction of sp³-hybridized carbons (Fsp3) is 0.286. The molecule has 3 heterocycles. The Bertz CT molecular complexity index is 1350. The maximum Gasteiger partial charge on any atom is 0.278 e. The molecule has 1 amide bonds. The van der Waals surface area contributed by atoms with Gasteiger partial charge in [-0.2, -0.15) is 10.2 Å². The predicted molar refractivity (Wildman–Crippen MR) is 121 cm³/mol. The highest BCUT2D eigenvalue weighted by Gasteiger charge is 2.26. The average Bonchev–Trinajstić information content (AvgIpc) is 3.48. The highest BCUT2D eigenvalue weighted by atomic mass is 32.1. The Kier molecular flexibility index (Phi) is 5.43. The molecular weight excluding hydrogens is 449 g/mol. The van der Waals surface area contributed by atoms with E-state index in [9.17, 15) is 9.18 Å². The summed E-state index contributed by atoms with van der Waals surface area (Å²) in [5.74, 6) is 0.174. The van der Waals surface area contributed by atoms with E-state index in [1.54, 1.807) is 21.4 Å². The lowest BCUT2D eigenvalue weighted by atomic mass is 9.95. The van der Waals surface area contributed by atoms with Crippen molar-refractivity contribution < 1.29 is 9.18 Å². The Hall–Kier alpha value is -3.18. The van der Waals surface area contributed by atoms with Gasteiger partial charge in [0.15, 0.2) is 15.6 Å². The molecule has 5 rings (SSSR count). The molecule has 32 heavy (non-hydrogen) atoms. The van der Waals surface area contributed by atoms with Gasteiger partial charge in [0.2, 0.25) is 0 Å². The molecule has 3 aromatic heterocycles. The van der Waals surface area contributed by atoms with Crippen LogP contribution in [0.3, 0.4) is 0 Å². The second-order valence-corrected chi connectivity index (χ2v) is 8.89. The fourth-order valence-corrected chi connectivity index (χ4v) is 4.74. The first-order valence-electron chi connectivity index (χ1n) is 10.2. The number of anilines is 1. The van der Waals surface area contributed by atoms with E-state index in [4.69, 9.17) is 12.2 Å². The van der Waals surface area contributed by atoms with Gasteiger partial charge in [-0.15, -0.1) is 11.3 Å². The van der Waals surface area contributed by atoms with Crippen LogP contribution in [0.25, 0.3) is 5.69 Å². The molecule has 8 nitrogen and oxygen atoms in total. The first kappa shape index (κ1) is 20.7. The Morgan fingerprint density at radius 2 is 2.06 bits per heavy atom. The van der Waals surface area contributed by atoms with Crippen molar-refractivity contribution >= 4 is 34.6 Å². The number of benzene rings is 1. The summed E-state index contributed by atoms with van der Waals surface area (Å²) < 4.78 is 17.5. The van der Waals surface area contributed by atoms with Gasteiger partial charge in [-0.25, -0.2) is 14.1 Å². The van der Waals surface area contributed by atoms with Crippen molar-refractivity contribution in [2.75, 3.05) is 5.32 Å². The molecule has 0 spiro atoms. The number of thiazole rings is 1. The summed E-state index contributed by atoms with van der Waals surface area (Å²) in [5, 5.41) is 16.8. The smallest absolute Gasteiger partial charge is 0.278 e. The predicted octanol–water partition coefficient (Wildman–Crippen LogP) is 3.98. The number of fused-ring (bicyclic) bond motifs is 1. The van der Waals surface area contributed by atoms with Gasteiger partial charge in [0.05, 0.1) is 17.8 Å². The van der Waals surface area contributed by atoms with Gasteiger partial charge < -0.3 is 4.57 Å². The van der Waals surface area contributed by atoms with Gasteiger partial charge in [-0.1, -0.05) is 0 Å². The fourth-order valence-electron chi connectivity index (χ4n) is 3.88. The molecule has 0 fully saturated rings. The molecule has 0 unspecified atom stereocenters. The van der Waals surface area contributed by atoms with E-state index in [0.717, 1.165) is 54.1 Å². The van der Waals surface area contributed by atoms with E-state index in [1.165, 1.54) is 23.5 Å². The molecule has 11 heteroatoms. The van der Waals surface area contributed by atoms with E-state index in [-0.39, 0.29) is 11.7 Å². The molecule has 0 saturated heterocycles. The molecule has 0 saturated carbocycles. The third kappa shape index (κ3) is 3.89. The topological polar surface area (TPSA) is 93.4 Å². The maximum atomic E-state index is 13.4. The molecule has 2 N–H and O–H groups in total. The van der Waals surface area contributed by atoms with Crippen molar-refractivity contribution in [2.45, 2.75) is 32.1 Å². The van der Waals surface area contributed by atoms with Crippen LogP contribution in [0.15, 0.2) is 29.6 Å². The standard InChI is InChI=1S/C21H20FN7OS2/c1-28-17(25-26-21(28)31)10-13-11-32-20(23-13)24-19(30)18-15-4-2-3-5-16(15)29(27-18)14-8-6-12(22)7-9-14/h6-9,11H,2-5,10H2,1H3,(H,26,31)(H,23,24,30). The quantitative estimate of drug-likeness (QED) is 0.431. The molecule has 1 aliphatic rings. The number of carbonyl (C=O) groups excluding carboxylic acids is 1. The van der Waals surface area contributed by atoms with Gasteiger partial charge in [-0.05, 0) is 62.2 Å². The van der Waals surface area contributed by atoms with Crippen molar-refractivity contribution in [1.29, 1.82) is 0 Å². The summed E-state index contributed by atoms with van der Waals surface area (Å²) in [7, 11) is 1.84. The lowest BCUT2D eigenvalue weighted by molar-refractivity contribution is 0.102. The molecule has 1 aromatic carbocycles. The van der Waals surface area contributed by atoms with Crippen LogP contribution >= 0.6 is 23.6 Å². The first-order valence-corrected chi connectivity index (χ1v) is 11.5. The molecule has 1 aliphatic carbocycles. The summed E-state index contributed by atoms with van der Waals surface area (Å²) in [6.07, 6.45) is 4.18. The molecule has 0 radical (unpaired) electrons. The van der Waals surface area contributed by atoms with E-state index in [2.05, 4.69) is 25.6 Å². The van der Waals surface area contributed by atoms with Crippen LogP contribution in [0.2, 0.25) is 0 Å². The lowest BCUT2D eigenvalue weighted by Gasteiger charge is -2.14. The maximum absolute atomic E-state index is 13.4. The Morgan fingerprint density at radius 3 is 2.81 bits per heavy atom. The molecule has 0 aliphatic heterocycles. The lowest BCUT2D eigenvalue weighted by Crippen LogP contribution is -2.15. The number of aromatic amines is 1. The zero-order valence-electron chi connectivity index (χ0n) is 17.3. The van der Waals surface area contributed by atoms with E-state index in [1.807, 2.05) is 12.4 Å². The summed E-state index contributed by atoms with van der Waals surface area (Å²) in [6.45, 7) is 0. The minimum absolute atomic E-state index is 0.289. The van der Waals surface area contributed by atoms with Crippen molar-refractivity contribution in [3.8, 4) is 5.69 Å². The first-order chi connectivity index (χ1) is 15.5. The summed E-state index contributed by atoms with van der Waals surface area (Å²) in [4.78, 5) is 17.6. The van der Waals surface area contributed by atoms with Crippen LogP contribution in [0.1, 0.15) is 46.1 Å². The van der Waals surface area contributed by atoms with E-state index < -0.39 is 0 Å². The summed E-state index contributed by atoms with van der Waals surface area (Å²) >= 11 is 6.50. The summed E-state index contributed by atoms with van der Waals surface area (Å²) in [5.41, 5.74) is 3.90. The van der Waals surface area contributed by atoms with Crippen LogP contribution < -0.4 is 5.32 Å². The van der Waals surface area contributed by atoms with Gasteiger partial charge in [-0.3, -0.25) is 15.2 Å². The Morgan fingerprint density at radius 1 is 1.28 bits per heavy atom. The number of hydrogen-bond acceptors (Lipinski definition) is 6. The minimum Gasteiger partial charge on any atom is -0.307 e. The van der Waals surface area contributed by atoms with Gasteiger partial charge >= 0.3 is 0 Å². The van der Waals surface area contributed by atoms with Crippen LogP contribution in [-0.4, -0.2) is 35.4 Å². The number of carbonyl (C=O) groups is 1. The van der Waals surface area contributed by atoms with Crippen molar-refractivity contribution in [2.24, 2.45) is 7.05 Å². The van der Waals surface area contributed by atoms with Gasteiger partial charge in [0.1, 0.15) is 11.6 Å². The monoisotopic (exact) mass is 469 g/mol. The largest absolute Gasteiger partial charge is 0.307 e. The average molecular weight is 470 g/mol. The number of aromatic nitrogens is 6. The molecule has 4 aromatic rings. The van der Waals surface area contributed by atoms with Crippen LogP contribution in [-0.2, 0) is 26.3 Å². The third-order valence-corrected chi connectivity index (χ3v) is 6.72. The second-order valence-electron chi connectivity index (χ2n) is 7.65. The van der Waals surface area contributed by atoms with Crippen molar-refractivity contribution in [3.63, 3.8) is 0 Å². The number of nitrogens with zero attached hydrogens (tertiary/aromatic N) is 5. The van der Waals surface area contributed by atoms with Gasteiger partial charge in [0.25, 0.3) is 5.91 Å². The van der Waals surface area contributed by atoms with Crippen LogP contribution in [0, 0.1) is 10.6 Å². The van der Waals surface area contributed by atoms with Crippen molar-refractivity contribution in [3.05, 3.63) is 68.7 Å². The number of rotatable bonds is 5. The third-order valence-electron chi connectivity index (χ3n) is 5.55. The van der Waals surface area contributed by atoms with Crippen LogP contribution in [0.5, 0.6) is 0 Å². The molecule has 164 valence electrons. The van der Waals surface area contributed by atoms with Gasteiger partial charge in [0, 0.05) is 23.7 Å². The number of halogens is 1. The number of H-pyrrole nitrogens is 1. The number of hydrogen-bond donors (Lipinski definition) is 2. The highest BCUT2D eigenvalue weighted by molar-refractivity contribution is 7.71. The normalized spacial score (nSPS) is 13.2. The molecule has 0 atom stereocenters. The Labute approximate surface area is 192 Å². The number of nitrogens with one attached hydrogen (secondary N) is 2. The number of amides is 1. The zero-order chi connectivity index (χ0) is 22.2.